The predicted molar refractivity (Wildman–Crippen MR) is 128 cm³/mol. The number of amides is 1. The van der Waals surface area contributed by atoms with Gasteiger partial charge in [-0.25, -0.2) is 5.43 Å². The Balaban J connectivity index is 1.72. The number of hydrogen-bond donors (Lipinski definition) is 1. The molecule has 0 saturated carbocycles. The van der Waals surface area contributed by atoms with Crippen LogP contribution in [0.3, 0.4) is 0 Å². The van der Waals surface area contributed by atoms with Crippen LogP contribution in [0.25, 0.3) is 0 Å². The molecule has 6 nitrogen and oxygen atoms in total. The molecule has 34 heavy (non-hydrogen) atoms. The van der Waals surface area contributed by atoms with Crippen LogP contribution in [0.15, 0.2) is 65.8 Å². The Morgan fingerprint density at radius 2 is 1.94 bits per heavy atom. The van der Waals surface area contributed by atoms with Gasteiger partial charge in [0, 0.05) is 11.1 Å². The third kappa shape index (κ3) is 6.26. The monoisotopic (exact) mass is 579 g/mol. The maximum atomic E-state index is 12.8. The zero-order chi connectivity index (χ0) is 24.7. The van der Waals surface area contributed by atoms with Gasteiger partial charge in [-0.1, -0.05) is 24.3 Å². The third-order valence-corrected chi connectivity index (χ3v) is 5.39. The zero-order valence-electron chi connectivity index (χ0n) is 17.7. The van der Waals surface area contributed by atoms with E-state index < -0.39 is 17.6 Å². The van der Waals surface area contributed by atoms with E-state index >= 15 is 0 Å². The summed E-state index contributed by atoms with van der Waals surface area (Å²) in [5, 5.41) is 13.1. The van der Waals surface area contributed by atoms with Crippen LogP contribution in [0.1, 0.15) is 32.6 Å². The van der Waals surface area contributed by atoms with Gasteiger partial charge in [0.15, 0.2) is 11.5 Å². The second-order valence-corrected chi connectivity index (χ2v) is 8.03. The van der Waals surface area contributed by atoms with Gasteiger partial charge in [-0.15, -0.1) is 0 Å². The van der Waals surface area contributed by atoms with Gasteiger partial charge >= 0.3 is 6.18 Å². The molecule has 0 aliphatic rings. The molecule has 1 amide bonds. The number of hydrogen-bond acceptors (Lipinski definition) is 5. The van der Waals surface area contributed by atoms with Gasteiger partial charge in [0.25, 0.3) is 5.91 Å². The van der Waals surface area contributed by atoms with Crippen molar-refractivity contribution in [3.63, 3.8) is 0 Å². The van der Waals surface area contributed by atoms with E-state index in [2.05, 4.69) is 39.2 Å². The molecule has 0 heterocycles. The van der Waals surface area contributed by atoms with Crippen molar-refractivity contribution < 1.29 is 27.4 Å². The van der Waals surface area contributed by atoms with Gasteiger partial charge in [0.05, 0.1) is 34.1 Å². The van der Waals surface area contributed by atoms with Gasteiger partial charge in [-0.05, 0) is 64.6 Å². The minimum atomic E-state index is -4.55. The van der Waals surface area contributed by atoms with Crippen molar-refractivity contribution in [3.05, 3.63) is 92.1 Å². The molecule has 1 N–H and O–H groups in total. The maximum Gasteiger partial charge on any atom is 0.416 e. The summed E-state index contributed by atoms with van der Waals surface area (Å²) in [5.41, 5.74) is 2.93. The first kappa shape index (κ1) is 25.0. The molecule has 0 radical (unpaired) electrons. The van der Waals surface area contributed by atoms with E-state index in [0.29, 0.717) is 26.2 Å². The standard InChI is InChI=1S/C24H17F3IN3O3/c1-33-21-10-15(9-20(28)22(21)34-14-18-6-3-2-5-17(18)12-29)13-30-31-23(32)16-7-4-8-19(11-16)24(25,26)27/h2-11,13H,14H2,1H3,(H,31,32)/b30-13-. The average molecular weight is 579 g/mol. The molecule has 0 saturated heterocycles. The molecule has 0 unspecified atom stereocenters. The summed E-state index contributed by atoms with van der Waals surface area (Å²) in [4.78, 5) is 12.2. The smallest absolute Gasteiger partial charge is 0.416 e. The highest BCUT2D eigenvalue weighted by atomic mass is 127. The van der Waals surface area contributed by atoms with Gasteiger partial charge < -0.3 is 9.47 Å². The molecule has 10 heteroatoms. The van der Waals surface area contributed by atoms with E-state index in [9.17, 15) is 23.2 Å². The average Bonchev–Trinajstić information content (AvgIpc) is 2.82. The third-order valence-electron chi connectivity index (χ3n) is 4.59. The first-order valence-corrected chi connectivity index (χ1v) is 10.8. The molecule has 0 aliphatic carbocycles. The summed E-state index contributed by atoms with van der Waals surface area (Å²) in [6.45, 7) is 0.163. The Labute approximate surface area is 207 Å². The second-order valence-electron chi connectivity index (χ2n) is 6.87. The lowest BCUT2D eigenvalue weighted by atomic mass is 10.1. The topological polar surface area (TPSA) is 83.7 Å². The number of methoxy groups -OCH3 is 1. The Bertz CT molecular complexity index is 1270. The van der Waals surface area contributed by atoms with Crippen molar-refractivity contribution in [1.29, 1.82) is 5.26 Å². The highest BCUT2D eigenvalue weighted by Crippen LogP contribution is 2.34. The summed E-state index contributed by atoms with van der Waals surface area (Å²) in [6.07, 6.45) is -3.21. The van der Waals surface area contributed by atoms with Gasteiger partial charge in [-0.2, -0.15) is 23.5 Å². The molecule has 0 spiro atoms. The van der Waals surface area contributed by atoms with E-state index in [-0.39, 0.29) is 12.2 Å². The molecule has 174 valence electrons. The molecule has 0 fully saturated rings. The number of benzene rings is 3. The fourth-order valence-corrected chi connectivity index (χ4v) is 3.71. The van der Waals surface area contributed by atoms with Crippen LogP contribution >= 0.6 is 22.6 Å². The van der Waals surface area contributed by atoms with Crippen molar-refractivity contribution >= 4 is 34.7 Å². The first-order valence-electron chi connectivity index (χ1n) is 9.72. The number of carbonyl (C=O) groups is 1. The fourth-order valence-electron chi connectivity index (χ4n) is 2.93. The number of nitrogens with one attached hydrogen (secondary N) is 1. The highest BCUT2D eigenvalue weighted by molar-refractivity contribution is 14.1. The van der Waals surface area contributed by atoms with Crippen LogP contribution in [-0.2, 0) is 12.8 Å². The fraction of sp³-hybridized carbons (Fsp3) is 0.125. The van der Waals surface area contributed by atoms with Crippen LogP contribution in [0.5, 0.6) is 11.5 Å². The van der Waals surface area contributed by atoms with Crippen molar-refractivity contribution in [2.24, 2.45) is 5.10 Å². The number of hydrazone groups is 1. The van der Waals surface area contributed by atoms with Crippen molar-refractivity contribution in [3.8, 4) is 17.6 Å². The summed E-state index contributed by atoms with van der Waals surface area (Å²) in [6, 6.07) is 16.6. The zero-order valence-corrected chi connectivity index (χ0v) is 19.8. The van der Waals surface area contributed by atoms with E-state index in [1.54, 1.807) is 30.3 Å². The number of halogens is 4. The van der Waals surface area contributed by atoms with Crippen molar-refractivity contribution in [2.75, 3.05) is 7.11 Å². The van der Waals surface area contributed by atoms with Crippen molar-refractivity contribution in [2.45, 2.75) is 12.8 Å². The quantitative estimate of drug-likeness (QED) is 0.227. The molecular formula is C24H17F3IN3O3. The van der Waals surface area contributed by atoms with Crippen molar-refractivity contribution in [1.82, 2.24) is 5.43 Å². The number of nitrogens with zero attached hydrogens (tertiary/aromatic N) is 2. The van der Waals surface area contributed by atoms with Crippen LogP contribution in [-0.4, -0.2) is 19.2 Å². The van der Waals surface area contributed by atoms with Crippen LogP contribution in [0.2, 0.25) is 0 Å². The molecule has 0 aromatic heterocycles. The second kappa shape index (κ2) is 11.0. The molecule has 3 aromatic carbocycles. The Kier molecular flexibility index (Phi) is 8.12. The summed E-state index contributed by atoms with van der Waals surface area (Å²) >= 11 is 2.06. The molecule has 0 aliphatic heterocycles. The van der Waals surface area contributed by atoms with Crippen LogP contribution < -0.4 is 14.9 Å². The lowest BCUT2D eigenvalue weighted by molar-refractivity contribution is -0.137. The maximum absolute atomic E-state index is 12.8. The van der Waals surface area contributed by atoms with Gasteiger partial charge in [0.2, 0.25) is 0 Å². The number of alkyl halides is 3. The normalized spacial score (nSPS) is 11.2. The predicted octanol–water partition coefficient (Wildman–Crippen LogP) is 5.53. The number of carbonyl (C=O) groups excluding carboxylic acids is 1. The molecule has 0 bridgehead atoms. The molecule has 0 atom stereocenters. The number of ether oxygens (including phenoxy) is 2. The summed E-state index contributed by atoms with van der Waals surface area (Å²) < 4.78 is 50.5. The van der Waals surface area contributed by atoms with Gasteiger partial charge in [-0.3, -0.25) is 4.79 Å². The minimum absolute atomic E-state index is 0.163. The Morgan fingerprint density at radius 3 is 2.65 bits per heavy atom. The molecule has 3 rings (SSSR count). The van der Waals surface area contributed by atoms with E-state index in [4.69, 9.17) is 9.47 Å². The van der Waals surface area contributed by atoms with Crippen LogP contribution in [0.4, 0.5) is 13.2 Å². The molecular weight excluding hydrogens is 562 g/mol. The Hall–Kier alpha value is -3.59. The number of rotatable bonds is 7. The first-order chi connectivity index (χ1) is 16.2. The van der Waals surface area contributed by atoms with E-state index in [1.807, 2.05) is 6.07 Å². The molecule has 3 aromatic rings. The SMILES string of the molecule is COc1cc(/C=N\NC(=O)c2cccc(C(F)(F)F)c2)cc(I)c1OCc1ccccc1C#N. The van der Waals surface area contributed by atoms with Crippen LogP contribution in [0, 0.1) is 14.9 Å². The lowest BCUT2D eigenvalue weighted by Crippen LogP contribution is -2.18. The Morgan fingerprint density at radius 1 is 1.18 bits per heavy atom. The minimum Gasteiger partial charge on any atom is -0.493 e. The lowest BCUT2D eigenvalue weighted by Gasteiger charge is -2.14. The van der Waals surface area contributed by atoms with E-state index in [1.165, 1.54) is 19.4 Å². The van der Waals surface area contributed by atoms with E-state index in [0.717, 1.165) is 23.8 Å². The number of nitriles is 1. The highest BCUT2D eigenvalue weighted by Gasteiger charge is 2.30. The summed E-state index contributed by atoms with van der Waals surface area (Å²) in [7, 11) is 1.47. The summed E-state index contributed by atoms with van der Waals surface area (Å²) in [5.74, 6) is 0.105. The largest absolute Gasteiger partial charge is 0.493 e. The van der Waals surface area contributed by atoms with Gasteiger partial charge in [0.1, 0.15) is 6.61 Å².